The Balaban J connectivity index is 2.21. The zero-order valence-electron chi connectivity index (χ0n) is 14.5. The topological polar surface area (TPSA) is 18.5 Å². The molecule has 0 spiro atoms. The number of methoxy groups -OCH3 is 1. The first-order valence-electron chi connectivity index (χ1n) is 7.97. The molecule has 0 fully saturated rings. The Kier molecular flexibility index (Phi) is 7.00. The Bertz CT molecular complexity index is 614. The summed E-state index contributed by atoms with van der Waals surface area (Å²) in [4.78, 5) is 0. The highest BCUT2D eigenvalue weighted by Gasteiger charge is 2.09. The lowest BCUT2D eigenvalue weighted by Crippen LogP contribution is -2.00. The van der Waals surface area contributed by atoms with Gasteiger partial charge in [0.25, 0.3) is 0 Å². The Morgan fingerprint density at radius 3 is 2.43 bits per heavy atom. The maximum atomic E-state index is 5.89. The molecule has 2 aromatic rings. The molecule has 0 saturated carbocycles. The van der Waals surface area contributed by atoms with Crippen LogP contribution >= 0.6 is 11.8 Å². The van der Waals surface area contributed by atoms with E-state index in [4.69, 9.17) is 9.47 Å². The number of aryl methyl sites for hydroxylation is 2. The quantitative estimate of drug-likeness (QED) is 0.616. The third-order valence-corrected chi connectivity index (χ3v) is 4.49. The van der Waals surface area contributed by atoms with Crippen molar-refractivity contribution >= 4 is 11.8 Å². The van der Waals surface area contributed by atoms with Crippen molar-refractivity contribution in [2.24, 2.45) is 0 Å². The number of ether oxygens (including phenoxy) is 2. The summed E-state index contributed by atoms with van der Waals surface area (Å²) in [5.41, 5.74) is 6.22. The molecule has 0 saturated heterocycles. The molecule has 124 valence electrons. The zero-order valence-corrected chi connectivity index (χ0v) is 15.3. The molecule has 0 aliphatic carbocycles. The molecule has 0 aromatic heterocycles. The molecule has 0 amide bonds. The Labute approximate surface area is 144 Å². The van der Waals surface area contributed by atoms with Crippen molar-refractivity contribution in [1.82, 2.24) is 0 Å². The maximum Gasteiger partial charge on any atom is 0.119 e. The van der Waals surface area contributed by atoms with Crippen molar-refractivity contribution in [2.45, 2.75) is 26.9 Å². The summed E-state index contributed by atoms with van der Waals surface area (Å²) in [5.74, 6) is 2.11. The average Bonchev–Trinajstić information content (AvgIpc) is 2.52. The van der Waals surface area contributed by atoms with Gasteiger partial charge in [-0.25, -0.2) is 0 Å². The smallest absolute Gasteiger partial charge is 0.119 e. The van der Waals surface area contributed by atoms with Crippen LogP contribution in [-0.2, 0) is 11.3 Å². The van der Waals surface area contributed by atoms with Gasteiger partial charge in [0.15, 0.2) is 0 Å². The van der Waals surface area contributed by atoms with Crippen molar-refractivity contribution < 1.29 is 9.47 Å². The van der Waals surface area contributed by atoms with Gasteiger partial charge in [0.1, 0.15) is 5.75 Å². The van der Waals surface area contributed by atoms with Crippen molar-refractivity contribution in [1.29, 1.82) is 0 Å². The number of hydrogen-bond donors (Lipinski definition) is 0. The predicted octanol–water partition coefficient (Wildman–Crippen LogP) is 5.25. The zero-order chi connectivity index (χ0) is 16.7. The summed E-state index contributed by atoms with van der Waals surface area (Å²) < 4.78 is 11.1. The van der Waals surface area contributed by atoms with E-state index in [0.29, 0.717) is 6.61 Å². The second-order valence-corrected chi connectivity index (χ2v) is 6.75. The van der Waals surface area contributed by atoms with E-state index in [2.05, 4.69) is 56.5 Å². The van der Waals surface area contributed by atoms with Gasteiger partial charge in [0.2, 0.25) is 0 Å². The first-order valence-corrected chi connectivity index (χ1v) is 9.36. The third kappa shape index (κ3) is 5.02. The van der Waals surface area contributed by atoms with E-state index in [-0.39, 0.29) is 0 Å². The normalized spacial score (nSPS) is 10.8. The van der Waals surface area contributed by atoms with Crippen LogP contribution in [0.4, 0.5) is 0 Å². The summed E-state index contributed by atoms with van der Waals surface area (Å²) in [6, 6.07) is 12.8. The number of hydrogen-bond acceptors (Lipinski definition) is 3. The van der Waals surface area contributed by atoms with Crippen LogP contribution in [0.2, 0.25) is 0 Å². The largest absolute Gasteiger partial charge is 0.494 e. The lowest BCUT2D eigenvalue weighted by Gasteiger charge is -2.14. The summed E-state index contributed by atoms with van der Waals surface area (Å²) in [5, 5.41) is 0. The molecule has 0 aliphatic heterocycles. The van der Waals surface area contributed by atoms with Gasteiger partial charge in [-0.2, -0.15) is 11.8 Å². The molecule has 3 heteroatoms. The van der Waals surface area contributed by atoms with Gasteiger partial charge >= 0.3 is 0 Å². The highest BCUT2D eigenvalue weighted by atomic mass is 32.2. The van der Waals surface area contributed by atoms with Crippen LogP contribution in [0, 0.1) is 13.8 Å². The molecule has 2 nitrogen and oxygen atoms in total. The number of rotatable bonds is 8. The third-order valence-electron chi connectivity index (χ3n) is 3.79. The van der Waals surface area contributed by atoms with Crippen LogP contribution in [0.1, 0.15) is 23.1 Å². The van der Waals surface area contributed by atoms with Gasteiger partial charge in [-0.3, -0.25) is 0 Å². The number of thioether (sulfide) groups is 1. The minimum Gasteiger partial charge on any atom is -0.494 e. The fraction of sp³-hybridized carbons (Fsp3) is 0.400. The van der Waals surface area contributed by atoms with Gasteiger partial charge < -0.3 is 9.47 Å². The molecule has 0 unspecified atom stereocenters. The minimum absolute atomic E-state index is 0.641. The van der Waals surface area contributed by atoms with E-state index >= 15 is 0 Å². The fourth-order valence-electron chi connectivity index (χ4n) is 2.84. The Morgan fingerprint density at radius 1 is 1.04 bits per heavy atom. The highest BCUT2D eigenvalue weighted by molar-refractivity contribution is 7.98. The average molecular weight is 330 g/mol. The van der Waals surface area contributed by atoms with Gasteiger partial charge in [-0.15, -0.1) is 0 Å². The molecule has 0 bridgehead atoms. The van der Waals surface area contributed by atoms with Crippen LogP contribution in [0.3, 0.4) is 0 Å². The molecule has 0 radical (unpaired) electrons. The lowest BCUT2D eigenvalue weighted by molar-refractivity contribution is 0.185. The van der Waals surface area contributed by atoms with E-state index < -0.39 is 0 Å². The fourth-order valence-corrected chi connectivity index (χ4v) is 3.25. The minimum atomic E-state index is 0.641. The van der Waals surface area contributed by atoms with Gasteiger partial charge in [0, 0.05) is 7.11 Å². The lowest BCUT2D eigenvalue weighted by atomic mass is 9.94. The first kappa shape index (κ1) is 17.9. The molecule has 0 heterocycles. The summed E-state index contributed by atoms with van der Waals surface area (Å²) >= 11 is 1.86. The Hall–Kier alpha value is -1.45. The van der Waals surface area contributed by atoms with Gasteiger partial charge in [-0.1, -0.05) is 18.2 Å². The van der Waals surface area contributed by atoms with Crippen LogP contribution in [0.25, 0.3) is 11.1 Å². The molecule has 0 aliphatic rings. The second kappa shape index (κ2) is 8.99. The van der Waals surface area contributed by atoms with Crippen LogP contribution < -0.4 is 4.74 Å². The van der Waals surface area contributed by atoms with E-state index in [1.54, 1.807) is 7.11 Å². The molecule has 2 rings (SSSR count). The van der Waals surface area contributed by atoms with E-state index in [0.717, 1.165) is 24.5 Å². The van der Waals surface area contributed by atoms with Gasteiger partial charge in [0.05, 0.1) is 13.2 Å². The van der Waals surface area contributed by atoms with E-state index in [9.17, 15) is 0 Å². The molecular formula is C20H26O2S. The molecular weight excluding hydrogens is 304 g/mol. The van der Waals surface area contributed by atoms with E-state index in [1.807, 2.05) is 11.8 Å². The molecule has 0 N–H and O–H groups in total. The van der Waals surface area contributed by atoms with Crippen molar-refractivity contribution in [3.63, 3.8) is 0 Å². The monoisotopic (exact) mass is 330 g/mol. The van der Waals surface area contributed by atoms with Crippen LogP contribution in [0.5, 0.6) is 5.75 Å². The van der Waals surface area contributed by atoms with E-state index in [1.165, 1.54) is 27.8 Å². The van der Waals surface area contributed by atoms with Crippen LogP contribution in [0.15, 0.2) is 36.4 Å². The SMILES string of the molecule is COCc1cccc(-c2c(C)cc(OCCCSC)cc2C)c1. The summed E-state index contributed by atoms with van der Waals surface area (Å²) in [6.45, 7) is 5.73. The summed E-state index contributed by atoms with van der Waals surface area (Å²) in [6.07, 6.45) is 3.21. The van der Waals surface area contributed by atoms with Crippen LogP contribution in [-0.4, -0.2) is 25.7 Å². The van der Waals surface area contributed by atoms with Crippen molar-refractivity contribution in [3.8, 4) is 16.9 Å². The molecule has 2 aromatic carbocycles. The van der Waals surface area contributed by atoms with Crippen molar-refractivity contribution in [2.75, 3.05) is 25.7 Å². The first-order chi connectivity index (χ1) is 11.2. The number of benzene rings is 2. The Morgan fingerprint density at radius 2 is 1.78 bits per heavy atom. The van der Waals surface area contributed by atoms with Crippen molar-refractivity contribution in [3.05, 3.63) is 53.1 Å². The van der Waals surface area contributed by atoms with Gasteiger partial charge in [-0.05, 0) is 78.3 Å². The highest BCUT2D eigenvalue weighted by Crippen LogP contribution is 2.31. The maximum absolute atomic E-state index is 5.89. The summed E-state index contributed by atoms with van der Waals surface area (Å²) in [7, 11) is 1.73. The predicted molar refractivity (Wildman–Crippen MR) is 101 cm³/mol. The second-order valence-electron chi connectivity index (χ2n) is 5.76. The molecule has 0 atom stereocenters. The standard InChI is InChI=1S/C20H26O2S/c1-15-11-19(22-9-6-10-23-4)12-16(2)20(15)18-8-5-7-17(13-18)14-21-3/h5,7-8,11-13H,6,9-10,14H2,1-4H3. The molecule has 23 heavy (non-hydrogen) atoms.